The molecule has 0 saturated carbocycles. The summed E-state index contributed by atoms with van der Waals surface area (Å²) in [6.45, 7) is 3.90. The van der Waals surface area contributed by atoms with E-state index in [1.807, 2.05) is 57.3 Å². The van der Waals surface area contributed by atoms with Gasteiger partial charge in [0.05, 0.1) is 0 Å². The van der Waals surface area contributed by atoms with E-state index in [-0.39, 0.29) is 11.6 Å². The van der Waals surface area contributed by atoms with Gasteiger partial charge >= 0.3 is 0 Å². The minimum absolute atomic E-state index is 0.0597. The fourth-order valence-electron chi connectivity index (χ4n) is 3.08. The lowest BCUT2D eigenvalue weighted by atomic mass is 10.0. The quantitative estimate of drug-likeness (QED) is 0.692. The maximum Gasteiger partial charge on any atom is 0.217 e. The molecule has 0 radical (unpaired) electrons. The number of rotatable bonds is 6. The average Bonchev–Trinajstić information content (AvgIpc) is 2.95. The van der Waals surface area contributed by atoms with Gasteiger partial charge in [0.25, 0.3) is 0 Å². The summed E-state index contributed by atoms with van der Waals surface area (Å²) in [4.78, 5) is 21.3. The van der Waals surface area contributed by atoms with Gasteiger partial charge in [-0.05, 0) is 43.0 Å². The summed E-state index contributed by atoms with van der Waals surface area (Å²) in [7, 11) is 1.82. The molecule has 0 spiro atoms. The normalized spacial score (nSPS) is 10.9. The van der Waals surface area contributed by atoms with E-state index < -0.39 is 0 Å². The molecular weight excluding hydrogens is 326 g/mol. The maximum atomic E-state index is 12.5. The van der Waals surface area contributed by atoms with Crippen LogP contribution in [0.5, 0.6) is 0 Å². The Balaban J connectivity index is 1.70. The number of Topliss-reactive ketones (excluding diaryl/α,β-unsaturated/α-hetero) is 1. The molecule has 2 N–H and O–H groups in total. The third-order valence-corrected chi connectivity index (χ3v) is 4.48. The molecular formula is C20H23N5O. The number of aryl methyl sites for hydroxylation is 3. The molecule has 0 bridgehead atoms. The first-order valence-electron chi connectivity index (χ1n) is 8.63. The molecule has 0 saturated heterocycles. The van der Waals surface area contributed by atoms with Gasteiger partial charge in [0, 0.05) is 25.6 Å². The van der Waals surface area contributed by atoms with Crippen molar-refractivity contribution >= 4 is 11.6 Å². The van der Waals surface area contributed by atoms with E-state index >= 15 is 0 Å². The van der Waals surface area contributed by atoms with E-state index in [2.05, 4.69) is 15.1 Å². The third-order valence-electron chi connectivity index (χ3n) is 4.48. The van der Waals surface area contributed by atoms with Crippen LogP contribution in [0.25, 0.3) is 0 Å². The molecule has 3 rings (SSSR count). The van der Waals surface area contributed by atoms with Gasteiger partial charge in [-0.3, -0.25) is 9.48 Å². The van der Waals surface area contributed by atoms with E-state index in [0.29, 0.717) is 25.1 Å². The molecule has 0 fully saturated rings. The number of benzene rings is 1. The van der Waals surface area contributed by atoms with Crippen LogP contribution in [-0.4, -0.2) is 25.5 Å². The lowest BCUT2D eigenvalue weighted by molar-refractivity contribution is 0.0972. The summed E-state index contributed by atoms with van der Waals surface area (Å²) in [6, 6.07) is 11.9. The van der Waals surface area contributed by atoms with E-state index in [0.717, 1.165) is 28.2 Å². The third kappa shape index (κ3) is 3.96. The van der Waals surface area contributed by atoms with Crippen LogP contribution >= 0.6 is 0 Å². The van der Waals surface area contributed by atoms with E-state index in [1.54, 1.807) is 4.68 Å². The zero-order valence-electron chi connectivity index (χ0n) is 15.4. The molecule has 2 heterocycles. The lowest BCUT2D eigenvalue weighted by Gasteiger charge is -2.09. The van der Waals surface area contributed by atoms with Crippen LogP contribution in [-0.2, 0) is 19.9 Å². The molecule has 2 aromatic heterocycles. The fraction of sp³-hybridized carbons (Fsp3) is 0.300. The molecule has 0 amide bonds. The molecule has 6 heteroatoms. The number of hydrogen-bond donors (Lipinski definition) is 1. The van der Waals surface area contributed by atoms with Gasteiger partial charge in [0.2, 0.25) is 11.6 Å². The summed E-state index contributed by atoms with van der Waals surface area (Å²) in [5.41, 5.74) is 9.89. The first-order valence-corrected chi connectivity index (χ1v) is 8.63. The van der Waals surface area contributed by atoms with Crippen LogP contribution in [0.2, 0.25) is 0 Å². The van der Waals surface area contributed by atoms with Crippen molar-refractivity contribution in [3.63, 3.8) is 0 Å². The van der Waals surface area contributed by atoms with Gasteiger partial charge in [-0.1, -0.05) is 30.3 Å². The van der Waals surface area contributed by atoms with Crippen LogP contribution < -0.4 is 5.73 Å². The molecule has 0 aliphatic rings. The highest BCUT2D eigenvalue weighted by Crippen LogP contribution is 2.17. The number of hydrogen-bond acceptors (Lipinski definition) is 5. The largest absolute Gasteiger partial charge is 0.384 e. The second-order valence-electron chi connectivity index (χ2n) is 6.49. The Morgan fingerprint density at radius 1 is 1.15 bits per heavy atom. The highest BCUT2D eigenvalue weighted by molar-refractivity contribution is 5.92. The molecule has 3 aromatic rings. The van der Waals surface area contributed by atoms with Gasteiger partial charge in [-0.25, -0.2) is 9.97 Å². The van der Waals surface area contributed by atoms with Gasteiger partial charge in [0.1, 0.15) is 11.6 Å². The smallest absolute Gasteiger partial charge is 0.217 e. The zero-order valence-corrected chi connectivity index (χ0v) is 15.4. The highest BCUT2D eigenvalue weighted by atomic mass is 16.1. The predicted molar refractivity (Wildman–Crippen MR) is 101 cm³/mol. The fourth-order valence-corrected chi connectivity index (χ4v) is 3.08. The molecule has 0 unspecified atom stereocenters. The van der Waals surface area contributed by atoms with Crippen molar-refractivity contribution < 1.29 is 4.79 Å². The molecule has 26 heavy (non-hydrogen) atoms. The SMILES string of the molecule is Cc1cc(N)nc(C)c1CCC(=O)c1nc(Cc2ccccc2)n(C)n1. The number of nitrogens with two attached hydrogens (primary N) is 1. The van der Waals surface area contributed by atoms with Crippen LogP contribution in [0.4, 0.5) is 5.82 Å². The van der Waals surface area contributed by atoms with Gasteiger partial charge in [0.15, 0.2) is 0 Å². The van der Waals surface area contributed by atoms with Crippen molar-refractivity contribution in [1.82, 2.24) is 19.7 Å². The van der Waals surface area contributed by atoms with Crippen LogP contribution in [0.1, 0.15) is 45.2 Å². The predicted octanol–water partition coefficient (Wildman–Crippen LogP) is 2.82. The maximum absolute atomic E-state index is 12.5. The Hall–Kier alpha value is -3.02. The Kier molecular flexibility index (Phi) is 5.11. The monoisotopic (exact) mass is 349 g/mol. The number of ketones is 1. The second-order valence-corrected chi connectivity index (χ2v) is 6.49. The Bertz CT molecular complexity index is 908. The Labute approximate surface area is 153 Å². The number of pyridine rings is 1. The average molecular weight is 349 g/mol. The Morgan fingerprint density at radius 3 is 2.58 bits per heavy atom. The number of aromatic nitrogens is 4. The van der Waals surface area contributed by atoms with Crippen LogP contribution in [0.3, 0.4) is 0 Å². The Morgan fingerprint density at radius 2 is 1.88 bits per heavy atom. The summed E-state index contributed by atoms with van der Waals surface area (Å²) in [6.07, 6.45) is 1.61. The van der Waals surface area contributed by atoms with Crippen molar-refractivity contribution in [2.75, 3.05) is 5.73 Å². The first-order chi connectivity index (χ1) is 12.4. The standard InChI is InChI=1S/C20H23N5O/c1-13-11-18(21)22-14(2)16(13)9-10-17(26)20-23-19(25(3)24-20)12-15-7-5-4-6-8-15/h4-8,11H,9-10,12H2,1-3H3,(H2,21,22). The summed E-state index contributed by atoms with van der Waals surface area (Å²) in [5, 5.41) is 4.30. The number of carbonyl (C=O) groups is 1. The highest BCUT2D eigenvalue weighted by Gasteiger charge is 2.16. The molecule has 0 aliphatic heterocycles. The number of anilines is 1. The van der Waals surface area contributed by atoms with Crippen molar-refractivity contribution in [2.24, 2.45) is 7.05 Å². The van der Waals surface area contributed by atoms with Gasteiger partial charge < -0.3 is 5.73 Å². The number of nitrogen functional groups attached to an aromatic ring is 1. The van der Waals surface area contributed by atoms with Gasteiger partial charge in [-0.15, -0.1) is 5.10 Å². The topological polar surface area (TPSA) is 86.7 Å². The van der Waals surface area contributed by atoms with E-state index in [1.165, 1.54) is 0 Å². The summed E-state index contributed by atoms with van der Waals surface area (Å²) >= 11 is 0. The molecule has 0 aliphatic carbocycles. The molecule has 1 aromatic carbocycles. The van der Waals surface area contributed by atoms with Crippen LogP contribution in [0, 0.1) is 13.8 Å². The van der Waals surface area contributed by atoms with Gasteiger partial charge in [-0.2, -0.15) is 0 Å². The molecule has 134 valence electrons. The number of carbonyl (C=O) groups excluding carboxylic acids is 1. The summed E-state index contributed by atoms with van der Waals surface area (Å²) < 4.78 is 1.68. The van der Waals surface area contributed by atoms with Crippen molar-refractivity contribution in [3.8, 4) is 0 Å². The second kappa shape index (κ2) is 7.47. The minimum atomic E-state index is -0.0597. The first kappa shape index (κ1) is 17.8. The van der Waals surface area contributed by atoms with Crippen molar-refractivity contribution in [3.05, 3.63) is 70.4 Å². The summed E-state index contributed by atoms with van der Waals surface area (Å²) in [5.74, 6) is 1.50. The lowest BCUT2D eigenvalue weighted by Crippen LogP contribution is -2.07. The minimum Gasteiger partial charge on any atom is -0.384 e. The van der Waals surface area contributed by atoms with E-state index in [9.17, 15) is 4.79 Å². The van der Waals surface area contributed by atoms with Crippen LogP contribution in [0.15, 0.2) is 36.4 Å². The molecule has 6 nitrogen and oxygen atoms in total. The van der Waals surface area contributed by atoms with Crippen molar-refractivity contribution in [2.45, 2.75) is 33.1 Å². The van der Waals surface area contributed by atoms with Crippen molar-refractivity contribution in [1.29, 1.82) is 0 Å². The number of nitrogens with zero attached hydrogens (tertiary/aromatic N) is 4. The zero-order chi connectivity index (χ0) is 18.7. The molecule has 0 atom stereocenters. The van der Waals surface area contributed by atoms with E-state index in [4.69, 9.17) is 5.73 Å².